The number of carboxylic acids is 3. The Bertz CT molecular complexity index is 666. The standard InChI is InChI=1S/C17H28N4O9/c1-8(2)5-9(18)15(27)21-11(6-14(25)26)16(28)19-7-12(22)20-10(17(29)30)3-4-13(23)24/h8-11H,3-7,18H2,1-2H3,(H,19,28)(H,20,22)(H,21,27)(H,23,24)(H,25,26)(H,29,30). The van der Waals surface area contributed by atoms with E-state index in [2.05, 4.69) is 10.6 Å². The van der Waals surface area contributed by atoms with E-state index in [1.165, 1.54) is 0 Å². The molecule has 170 valence electrons. The Balaban J connectivity index is 4.85. The first-order valence-electron chi connectivity index (χ1n) is 9.12. The first kappa shape index (κ1) is 26.8. The second-order valence-electron chi connectivity index (χ2n) is 7.00. The lowest BCUT2D eigenvalue weighted by molar-refractivity contribution is -0.143. The molecule has 0 aliphatic carbocycles. The quantitative estimate of drug-likeness (QED) is 0.158. The highest BCUT2D eigenvalue weighted by Gasteiger charge is 2.27. The van der Waals surface area contributed by atoms with Gasteiger partial charge in [0, 0.05) is 6.42 Å². The summed E-state index contributed by atoms with van der Waals surface area (Å²) in [5.41, 5.74) is 5.70. The van der Waals surface area contributed by atoms with Gasteiger partial charge in [-0.1, -0.05) is 13.8 Å². The number of nitrogens with one attached hydrogen (secondary N) is 3. The molecule has 0 rings (SSSR count). The lowest BCUT2D eigenvalue weighted by Crippen LogP contribution is -2.54. The predicted molar refractivity (Wildman–Crippen MR) is 101 cm³/mol. The monoisotopic (exact) mass is 432 g/mol. The summed E-state index contributed by atoms with van der Waals surface area (Å²) in [6, 6.07) is -3.93. The number of aliphatic carboxylic acids is 3. The molecule has 0 saturated heterocycles. The van der Waals surface area contributed by atoms with Crippen molar-refractivity contribution >= 4 is 35.6 Å². The smallest absolute Gasteiger partial charge is 0.326 e. The minimum Gasteiger partial charge on any atom is -0.481 e. The summed E-state index contributed by atoms with van der Waals surface area (Å²) in [4.78, 5) is 68.7. The SMILES string of the molecule is CC(C)CC(N)C(=O)NC(CC(=O)O)C(=O)NCC(=O)NC(CCC(=O)O)C(=O)O. The van der Waals surface area contributed by atoms with Crippen molar-refractivity contribution in [2.75, 3.05) is 6.54 Å². The van der Waals surface area contributed by atoms with Gasteiger partial charge in [-0.05, 0) is 18.8 Å². The van der Waals surface area contributed by atoms with Crippen LogP contribution in [0.2, 0.25) is 0 Å². The van der Waals surface area contributed by atoms with E-state index < -0.39 is 73.1 Å². The number of rotatable bonds is 14. The van der Waals surface area contributed by atoms with Gasteiger partial charge in [-0.25, -0.2) is 4.79 Å². The van der Waals surface area contributed by atoms with Gasteiger partial charge in [-0.3, -0.25) is 24.0 Å². The second kappa shape index (κ2) is 13.1. The van der Waals surface area contributed by atoms with Crippen molar-refractivity contribution in [3.05, 3.63) is 0 Å². The molecule has 3 atom stereocenters. The van der Waals surface area contributed by atoms with Crippen LogP contribution in [0.1, 0.15) is 39.5 Å². The summed E-state index contributed by atoms with van der Waals surface area (Å²) >= 11 is 0. The average Bonchev–Trinajstić information content (AvgIpc) is 2.60. The van der Waals surface area contributed by atoms with E-state index in [9.17, 15) is 28.8 Å². The first-order chi connectivity index (χ1) is 13.8. The number of nitrogens with two attached hydrogens (primary N) is 1. The Morgan fingerprint density at radius 3 is 1.93 bits per heavy atom. The van der Waals surface area contributed by atoms with E-state index in [1.54, 1.807) is 0 Å². The van der Waals surface area contributed by atoms with Gasteiger partial charge in [-0.15, -0.1) is 0 Å². The minimum atomic E-state index is -1.50. The molecule has 0 bridgehead atoms. The molecule has 8 N–H and O–H groups in total. The fourth-order valence-corrected chi connectivity index (χ4v) is 2.34. The Morgan fingerprint density at radius 2 is 1.47 bits per heavy atom. The molecule has 0 radical (unpaired) electrons. The predicted octanol–water partition coefficient (Wildman–Crippen LogP) is -2.13. The maximum absolute atomic E-state index is 12.2. The van der Waals surface area contributed by atoms with E-state index in [0.29, 0.717) is 6.42 Å². The lowest BCUT2D eigenvalue weighted by Gasteiger charge is -2.20. The first-order valence-corrected chi connectivity index (χ1v) is 9.12. The lowest BCUT2D eigenvalue weighted by atomic mass is 10.0. The molecule has 0 aromatic heterocycles. The van der Waals surface area contributed by atoms with Gasteiger partial charge >= 0.3 is 17.9 Å². The highest BCUT2D eigenvalue weighted by Crippen LogP contribution is 2.04. The molecule has 30 heavy (non-hydrogen) atoms. The summed E-state index contributed by atoms with van der Waals surface area (Å²) in [6.07, 6.45) is -1.31. The van der Waals surface area contributed by atoms with Crippen molar-refractivity contribution in [1.29, 1.82) is 0 Å². The molecule has 0 aliphatic heterocycles. The van der Waals surface area contributed by atoms with Gasteiger partial charge in [-0.2, -0.15) is 0 Å². The topological polar surface area (TPSA) is 225 Å². The molecule has 3 unspecified atom stereocenters. The summed E-state index contributed by atoms with van der Waals surface area (Å²) in [5, 5.41) is 32.9. The zero-order valence-corrected chi connectivity index (χ0v) is 16.7. The zero-order chi connectivity index (χ0) is 23.4. The fraction of sp³-hybridized carbons (Fsp3) is 0.647. The molecule has 0 spiro atoms. The summed E-state index contributed by atoms with van der Waals surface area (Å²) in [5.74, 6) is -6.62. The number of carboxylic acid groups (broad SMARTS) is 3. The maximum atomic E-state index is 12.2. The van der Waals surface area contributed by atoms with Gasteiger partial charge in [0.1, 0.15) is 12.1 Å². The van der Waals surface area contributed by atoms with Gasteiger partial charge in [0.25, 0.3) is 0 Å². The summed E-state index contributed by atoms with van der Waals surface area (Å²) in [7, 11) is 0. The molecule has 0 aromatic rings. The zero-order valence-electron chi connectivity index (χ0n) is 16.7. The van der Waals surface area contributed by atoms with E-state index >= 15 is 0 Å². The highest BCUT2D eigenvalue weighted by molar-refractivity contribution is 5.94. The largest absolute Gasteiger partial charge is 0.481 e. The Labute approximate surface area is 172 Å². The van der Waals surface area contributed by atoms with Crippen LogP contribution in [0.25, 0.3) is 0 Å². The number of hydrogen-bond donors (Lipinski definition) is 7. The summed E-state index contributed by atoms with van der Waals surface area (Å²) in [6.45, 7) is 2.95. The van der Waals surface area contributed by atoms with Crippen molar-refractivity contribution in [2.24, 2.45) is 11.7 Å². The van der Waals surface area contributed by atoms with Crippen LogP contribution in [0.3, 0.4) is 0 Å². The molecule has 13 nitrogen and oxygen atoms in total. The van der Waals surface area contributed by atoms with E-state index in [4.69, 9.17) is 21.1 Å². The maximum Gasteiger partial charge on any atom is 0.326 e. The van der Waals surface area contributed by atoms with E-state index in [1.807, 2.05) is 19.2 Å². The van der Waals surface area contributed by atoms with Crippen LogP contribution < -0.4 is 21.7 Å². The Kier molecular flexibility index (Phi) is 11.7. The molecular formula is C17H28N4O9. The molecule has 0 aromatic carbocycles. The summed E-state index contributed by atoms with van der Waals surface area (Å²) < 4.78 is 0. The van der Waals surface area contributed by atoms with Crippen LogP contribution in [0.4, 0.5) is 0 Å². The van der Waals surface area contributed by atoms with E-state index in [-0.39, 0.29) is 12.3 Å². The number of carbonyl (C=O) groups is 6. The molecule has 3 amide bonds. The normalized spacial score (nSPS) is 13.6. The molecule has 0 saturated carbocycles. The van der Waals surface area contributed by atoms with E-state index in [0.717, 1.165) is 0 Å². The third-order valence-electron chi connectivity index (χ3n) is 3.78. The molecule has 0 fully saturated rings. The van der Waals surface area contributed by atoms with Crippen molar-refractivity contribution in [1.82, 2.24) is 16.0 Å². The van der Waals surface area contributed by atoms with Crippen LogP contribution in [0.5, 0.6) is 0 Å². The Hall–Kier alpha value is -3.22. The Morgan fingerprint density at radius 1 is 0.867 bits per heavy atom. The number of carbonyl (C=O) groups excluding carboxylic acids is 3. The number of hydrogen-bond acceptors (Lipinski definition) is 7. The van der Waals surface area contributed by atoms with Gasteiger partial charge in [0.2, 0.25) is 17.7 Å². The molecule has 0 aliphatic rings. The second-order valence-corrected chi connectivity index (χ2v) is 7.00. The molecule has 0 heterocycles. The van der Waals surface area contributed by atoms with Gasteiger partial charge < -0.3 is 37.0 Å². The molecular weight excluding hydrogens is 404 g/mol. The minimum absolute atomic E-state index is 0.0875. The van der Waals surface area contributed by atoms with Crippen LogP contribution in [0.15, 0.2) is 0 Å². The van der Waals surface area contributed by atoms with Crippen LogP contribution in [-0.2, 0) is 28.8 Å². The fourth-order valence-electron chi connectivity index (χ4n) is 2.34. The third-order valence-corrected chi connectivity index (χ3v) is 3.78. The van der Waals surface area contributed by atoms with Gasteiger partial charge in [0.15, 0.2) is 0 Å². The highest BCUT2D eigenvalue weighted by atomic mass is 16.4. The molecule has 13 heteroatoms. The average molecular weight is 432 g/mol. The van der Waals surface area contributed by atoms with Crippen molar-refractivity contribution < 1.29 is 44.1 Å². The van der Waals surface area contributed by atoms with Crippen molar-refractivity contribution in [2.45, 2.75) is 57.7 Å². The number of amides is 3. The van der Waals surface area contributed by atoms with Crippen LogP contribution in [0, 0.1) is 5.92 Å². The van der Waals surface area contributed by atoms with Crippen LogP contribution in [-0.4, -0.2) is 75.6 Å². The van der Waals surface area contributed by atoms with Crippen molar-refractivity contribution in [3.8, 4) is 0 Å². The van der Waals surface area contributed by atoms with Gasteiger partial charge in [0.05, 0.1) is 19.0 Å². The van der Waals surface area contributed by atoms with Crippen LogP contribution >= 0.6 is 0 Å². The van der Waals surface area contributed by atoms with Crippen molar-refractivity contribution in [3.63, 3.8) is 0 Å². The third kappa shape index (κ3) is 11.6.